The van der Waals surface area contributed by atoms with E-state index in [9.17, 15) is 10.1 Å². The number of ether oxygens (including phenoxy) is 2. The van der Waals surface area contributed by atoms with Gasteiger partial charge in [0.25, 0.3) is 5.69 Å². The highest BCUT2D eigenvalue weighted by Crippen LogP contribution is 2.30. The zero-order chi connectivity index (χ0) is 15.4. The predicted molar refractivity (Wildman–Crippen MR) is 81.9 cm³/mol. The lowest BCUT2D eigenvalue weighted by Gasteiger charge is -2.25. The molecule has 0 aliphatic carbocycles. The third-order valence-electron chi connectivity index (χ3n) is 3.20. The van der Waals surface area contributed by atoms with Crippen molar-refractivity contribution >= 4 is 11.9 Å². The standard InChI is InChI=1S/C16H14N2O4/c19-18(20)13-5-3-4-12(8-13)9-17-10-14-11-21-15-6-1-2-7-16(15)22-14/h1-9,14H,10-11H2/t14-/m1/s1. The van der Waals surface area contributed by atoms with E-state index in [4.69, 9.17) is 9.47 Å². The Kier molecular flexibility index (Phi) is 4.00. The van der Waals surface area contributed by atoms with Gasteiger partial charge in [0.1, 0.15) is 6.61 Å². The fourth-order valence-corrected chi connectivity index (χ4v) is 2.15. The molecule has 1 aliphatic rings. The first-order chi connectivity index (χ1) is 10.7. The van der Waals surface area contributed by atoms with E-state index in [1.54, 1.807) is 18.3 Å². The lowest BCUT2D eigenvalue weighted by Crippen LogP contribution is -2.31. The SMILES string of the molecule is O=[N+]([O-])c1cccc(C=NC[C@@H]2COc3ccccc3O2)c1. The number of hydrogen-bond donors (Lipinski definition) is 0. The van der Waals surface area contributed by atoms with Gasteiger partial charge in [-0.3, -0.25) is 15.1 Å². The molecule has 6 nitrogen and oxygen atoms in total. The molecule has 0 unspecified atom stereocenters. The maximum atomic E-state index is 10.7. The van der Waals surface area contributed by atoms with E-state index in [0.717, 1.165) is 5.75 Å². The van der Waals surface area contributed by atoms with Crippen LogP contribution in [0.4, 0.5) is 5.69 Å². The van der Waals surface area contributed by atoms with Gasteiger partial charge < -0.3 is 9.47 Å². The van der Waals surface area contributed by atoms with Crippen molar-refractivity contribution in [2.75, 3.05) is 13.2 Å². The maximum Gasteiger partial charge on any atom is 0.270 e. The Morgan fingerprint density at radius 1 is 1.23 bits per heavy atom. The molecular formula is C16H14N2O4. The molecule has 0 bridgehead atoms. The lowest BCUT2D eigenvalue weighted by atomic mass is 10.2. The van der Waals surface area contributed by atoms with Crippen molar-refractivity contribution in [3.05, 3.63) is 64.2 Å². The number of nitro groups is 1. The summed E-state index contributed by atoms with van der Waals surface area (Å²) in [6, 6.07) is 13.8. The smallest absolute Gasteiger partial charge is 0.270 e. The average Bonchev–Trinajstić information content (AvgIpc) is 2.55. The van der Waals surface area contributed by atoms with Gasteiger partial charge in [-0.1, -0.05) is 24.3 Å². The first-order valence-corrected chi connectivity index (χ1v) is 6.85. The third kappa shape index (κ3) is 3.22. The van der Waals surface area contributed by atoms with Crippen LogP contribution in [0.2, 0.25) is 0 Å². The summed E-state index contributed by atoms with van der Waals surface area (Å²) >= 11 is 0. The Balaban J connectivity index is 1.61. The van der Waals surface area contributed by atoms with Gasteiger partial charge in [0.2, 0.25) is 0 Å². The van der Waals surface area contributed by atoms with Crippen molar-refractivity contribution in [2.24, 2.45) is 4.99 Å². The summed E-state index contributed by atoms with van der Waals surface area (Å²) in [7, 11) is 0. The molecule has 0 radical (unpaired) electrons. The Bertz CT molecular complexity index is 715. The first-order valence-electron chi connectivity index (χ1n) is 6.85. The van der Waals surface area contributed by atoms with Crippen LogP contribution in [0.3, 0.4) is 0 Å². The number of rotatable bonds is 4. The molecule has 2 aromatic carbocycles. The fourth-order valence-electron chi connectivity index (χ4n) is 2.15. The van der Waals surface area contributed by atoms with Crippen LogP contribution in [0, 0.1) is 10.1 Å². The zero-order valence-corrected chi connectivity index (χ0v) is 11.7. The largest absolute Gasteiger partial charge is 0.486 e. The molecule has 0 spiro atoms. The molecule has 2 aromatic rings. The molecule has 1 heterocycles. The molecule has 0 saturated carbocycles. The summed E-state index contributed by atoms with van der Waals surface area (Å²) in [4.78, 5) is 14.6. The number of non-ortho nitro benzene ring substituents is 1. The van der Waals surface area contributed by atoms with Gasteiger partial charge in [-0.15, -0.1) is 0 Å². The summed E-state index contributed by atoms with van der Waals surface area (Å²) < 4.78 is 11.4. The second-order valence-corrected chi connectivity index (χ2v) is 4.84. The minimum Gasteiger partial charge on any atom is -0.486 e. The number of hydrogen-bond acceptors (Lipinski definition) is 5. The molecule has 3 rings (SSSR count). The van der Waals surface area contributed by atoms with E-state index in [2.05, 4.69) is 4.99 Å². The van der Waals surface area contributed by atoms with E-state index in [1.807, 2.05) is 24.3 Å². The van der Waals surface area contributed by atoms with Crippen LogP contribution in [0.15, 0.2) is 53.5 Å². The van der Waals surface area contributed by atoms with Crippen molar-refractivity contribution in [3.8, 4) is 11.5 Å². The number of nitro benzene ring substituents is 1. The zero-order valence-electron chi connectivity index (χ0n) is 11.7. The predicted octanol–water partition coefficient (Wildman–Crippen LogP) is 2.85. The highest BCUT2D eigenvalue weighted by molar-refractivity contribution is 5.80. The molecule has 22 heavy (non-hydrogen) atoms. The van der Waals surface area contributed by atoms with E-state index in [0.29, 0.717) is 24.5 Å². The third-order valence-corrected chi connectivity index (χ3v) is 3.20. The van der Waals surface area contributed by atoms with Gasteiger partial charge in [-0.2, -0.15) is 0 Å². The molecular weight excluding hydrogens is 284 g/mol. The molecule has 0 saturated heterocycles. The molecule has 0 fully saturated rings. The normalized spacial score (nSPS) is 16.6. The molecule has 0 amide bonds. The van der Waals surface area contributed by atoms with Crippen molar-refractivity contribution in [3.63, 3.8) is 0 Å². The van der Waals surface area contributed by atoms with Crippen molar-refractivity contribution in [1.29, 1.82) is 0 Å². The van der Waals surface area contributed by atoms with Gasteiger partial charge >= 0.3 is 0 Å². The van der Waals surface area contributed by atoms with E-state index in [1.165, 1.54) is 12.1 Å². The van der Waals surface area contributed by atoms with Gasteiger partial charge in [0.15, 0.2) is 17.6 Å². The topological polar surface area (TPSA) is 74.0 Å². The Morgan fingerprint density at radius 3 is 2.86 bits per heavy atom. The summed E-state index contributed by atoms with van der Waals surface area (Å²) in [6.45, 7) is 0.861. The van der Waals surface area contributed by atoms with Crippen molar-refractivity contribution < 1.29 is 14.4 Å². The Morgan fingerprint density at radius 2 is 2.05 bits per heavy atom. The van der Waals surface area contributed by atoms with Gasteiger partial charge in [-0.25, -0.2) is 0 Å². The summed E-state index contributed by atoms with van der Waals surface area (Å²) in [5.41, 5.74) is 0.737. The Labute approximate surface area is 127 Å². The second kappa shape index (κ2) is 6.26. The molecule has 1 aliphatic heterocycles. The van der Waals surface area contributed by atoms with Gasteiger partial charge in [0, 0.05) is 18.3 Å². The van der Waals surface area contributed by atoms with Crippen LogP contribution >= 0.6 is 0 Å². The molecule has 1 atom stereocenters. The highest BCUT2D eigenvalue weighted by atomic mass is 16.6. The minimum absolute atomic E-state index is 0.0510. The quantitative estimate of drug-likeness (QED) is 0.494. The van der Waals surface area contributed by atoms with E-state index >= 15 is 0 Å². The highest BCUT2D eigenvalue weighted by Gasteiger charge is 2.19. The fraction of sp³-hybridized carbons (Fsp3) is 0.188. The van der Waals surface area contributed by atoms with Crippen LogP contribution in [0.1, 0.15) is 5.56 Å². The average molecular weight is 298 g/mol. The lowest BCUT2D eigenvalue weighted by molar-refractivity contribution is -0.384. The number of nitrogens with zero attached hydrogens (tertiary/aromatic N) is 2. The monoisotopic (exact) mass is 298 g/mol. The number of aliphatic imine (C=N–C) groups is 1. The number of para-hydroxylation sites is 2. The Hall–Kier alpha value is -2.89. The molecule has 0 aromatic heterocycles. The van der Waals surface area contributed by atoms with Crippen LogP contribution in [0.25, 0.3) is 0 Å². The van der Waals surface area contributed by atoms with E-state index in [-0.39, 0.29) is 11.8 Å². The number of benzene rings is 2. The first kappa shape index (κ1) is 14.1. The van der Waals surface area contributed by atoms with Gasteiger partial charge in [-0.05, 0) is 17.7 Å². The molecule has 0 N–H and O–H groups in total. The molecule has 6 heteroatoms. The van der Waals surface area contributed by atoms with Crippen LogP contribution in [-0.2, 0) is 0 Å². The van der Waals surface area contributed by atoms with Gasteiger partial charge in [0.05, 0.1) is 11.5 Å². The summed E-state index contributed by atoms with van der Waals surface area (Å²) in [6.07, 6.45) is 1.45. The maximum absolute atomic E-state index is 10.7. The van der Waals surface area contributed by atoms with Crippen molar-refractivity contribution in [2.45, 2.75) is 6.10 Å². The molecule has 112 valence electrons. The van der Waals surface area contributed by atoms with Crippen LogP contribution in [-0.4, -0.2) is 30.4 Å². The van der Waals surface area contributed by atoms with E-state index < -0.39 is 4.92 Å². The number of fused-ring (bicyclic) bond motifs is 1. The van der Waals surface area contributed by atoms with Crippen LogP contribution < -0.4 is 9.47 Å². The second-order valence-electron chi connectivity index (χ2n) is 4.84. The van der Waals surface area contributed by atoms with Crippen molar-refractivity contribution in [1.82, 2.24) is 0 Å². The minimum atomic E-state index is -0.424. The summed E-state index contributed by atoms with van der Waals surface area (Å²) in [5, 5.41) is 10.7. The van der Waals surface area contributed by atoms with Crippen LogP contribution in [0.5, 0.6) is 11.5 Å². The summed E-state index contributed by atoms with van der Waals surface area (Å²) in [5.74, 6) is 1.45.